The predicted octanol–water partition coefficient (Wildman–Crippen LogP) is 0.0712. The molecule has 5 nitrogen and oxygen atoms in total. The SMILES string of the molecule is CCOC(=O)NCC(C#N)C=O. The van der Waals surface area contributed by atoms with E-state index in [2.05, 4.69) is 10.1 Å². The second-order valence-electron chi connectivity index (χ2n) is 1.97. The number of alkyl carbamates (subject to hydrolysis) is 1. The monoisotopic (exact) mass is 170 g/mol. The van der Waals surface area contributed by atoms with E-state index in [0.717, 1.165) is 0 Å². The van der Waals surface area contributed by atoms with E-state index in [1.165, 1.54) is 0 Å². The number of nitrogens with zero attached hydrogens (tertiary/aromatic N) is 1. The number of hydrogen-bond acceptors (Lipinski definition) is 4. The van der Waals surface area contributed by atoms with Crippen molar-refractivity contribution in [1.29, 1.82) is 5.26 Å². The van der Waals surface area contributed by atoms with Crippen LogP contribution in [0.2, 0.25) is 0 Å². The van der Waals surface area contributed by atoms with Gasteiger partial charge in [-0.05, 0) is 6.92 Å². The van der Waals surface area contributed by atoms with Crippen LogP contribution >= 0.6 is 0 Å². The number of aldehydes is 1. The number of carbonyl (C=O) groups is 2. The third-order valence-electron chi connectivity index (χ3n) is 1.07. The van der Waals surface area contributed by atoms with Crippen molar-refractivity contribution in [3.63, 3.8) is 0 Å². The molecule has 0 fully saturated rings. The van der Waals surface area contributed by atoms with E-state index in [4.69, 9.17) is 5.26 Å². The van der Waals surface area contributed by atoms with Gasteiger partial charge in [0.2, 0.25) is 0 Å². The van der Waals surface area contributed by atoms with E-state index in [1.807, 2.05) is 0 Å². The molecule has 0 aromatic carbocycles. The first-order chi connectivity index (χ1) is 5.74. The number of carbonyl (C=O) groups excluding carboxylic acids is 2. The summed E-state index contributed by atoms with van der Waals surface area (Å²) in [5, 5.41) is 10.6. The Balaban J connectivity index is 3.60. The first kappa shape index (κ1) is 10.4. The Morgan fingerprint density at radius 1 is 1.83 bits per heavy atom. The largest absolute Gasteiger partial charge is 0.450 e. The highest BCUT2D eigenvalue weighted by atomic mass is 16.5. The maximum absolute atomic E-state index is 10.6. The lowest BCUT2D eigenvalue weighted by Crippen LogP contribution is -2.29. The van der Waals surface area contributed by atoms with Crippen LogP contribution in [-0.2, 0) is 9.53 Å². The van der Waals surface area contributed by atoms with Gasteiger partial charge in [-0.25, -0.2) is 4.79 Å². The van der Waals surface area contributed by atoms with Crippen LogP contribution in [0.3, 0.4) is 0 Å². The highest BCUT2D eigenvalue weighted by Gasteiger charge is 2.07. The highest BCUT2D eigenvalue weighted by Crippen LogP contribution is 1.86. The summed E-state index contributed by atoms with van der Waals surface area (Å²) in [5.74, 6) is -0.797. The molecule has 1 N–H and O–H groups in total. The molecule has 0 saturated heterocycles. The number of ether oxygens (including phenoxy) is 1. The molecule has 0 aliphatic carbocycles. The Morgan fingerprint density at radius 2 is 2.50 bits per heavy atom. The highest BCUT2D eigenvalue weighted by molar-refractivity contribution is 5.68. The van der Waals surface area contributed by atoms with Crippen LogP contribution in [0.5, 0.6) is 0 Å². The van der Waals surface area contributed by atoms with E-state index in [9.17, 15) is 9.59 Å². The Labute approximate surface area is 70.3 Å². The van der Waals surface area contributed by atoms with E-state index in [0.29, 0.717) is 6.29 Å². The molecule has 0 aliphatic rings. The van der Waals surface area contributed by atoms with Crippen LogP contribution in [0.25, 0.3) is 0 Å². The molecule has 0 rings (SSSR count). The van der Waals surface area contributed by atoms with Gasteiger partial charge in [0.05, 0.1) is 12.7 Å². The molecule has 0 saturated carbocycles. The van der Waals surface area contributed by atoms with Gasteiger partial charge in [0, 0.05) is 6.54 Å². The number of nitriles is 1. The van der Waals surface area contributed by atoms with Gasteiger partial charge in [-0.3, -0.25) is 0 Å². The fraction of sp³-hybridized carbons (Fsp3) is 0.571. The van der Waals surface area contributed by atoms with Crippen molar-refractivity contribution in [3.8, 4) is 6.07 Å². The third-order valence-corrected chi connectivity index (χ3v) is 1.07. The second-order valence-corrected chi connectivity index (χ2v) is 1.97. The van der Waals surface area contributed by atoms with Gasteiger partial charge in [-0.15, -0.1) is 0 Å². The Bertz CT molecular complexity index is 197. The minimum absolute atomic E-state index is 0.00116. The van der Waals surface area contributed by atoms with Crippen LogP contribution < -0.4 is 5.32 Å². The lowest BCUT2D eigenvalue weighted by Gasteiger charge is -2.04. The zero-order chi connectivity index (χ0) is 9.40. The summed E-state index contributed by atoms with van der Waals surface area (Å²) < 4.78 is 4.51. The van der Waals surface area contributed by atoms with E-state index in [1.54, 1.807) is 13.0 Å². The molecule has 0 aliphatic heterocycles. The van der Waals surface area contributed by atoms with Gasteiger partial charge in [0.25, 0.3) is 0 Å². The van der Waals surface area contributed by atoms with E-state index in [-0.39, 0.29) is 13.2 Å². The van der Waals surface area contributed by atoms with Crippen LogP contribution in [0.4, 0.5) is 4.79 Å². The fourth-order valence-corrected chi connectivity index (χ4v) is 0.500. The fourth-order valence-electron chi connectivity index (χ4n) is 0.500. The minimum atomic E-state index is -0.797. The Hall–Kier alpha value is -1.57. The molecule has 1 atom stereocenters. The summed E-state index contributed by atoms with van der Waals surface area (Å²) in [5.41, 5.74) is 0. The smallest absolute Gasteiger partial charge is 0.407 e. The van der Waals surface area contributed by atoms with Gasteiger partial charge in [-0.2, -0.15) is 5.26 Å². The molecule has 66 valence electrons. The Kier molecular flexibility index (Phi) is 5.35. The number of hydrogen-bond donors (Lipinski definition) is 1. The number of rotatable bonds is 4. The van der Waals surface area contributed by atoms with E-state index >= 15 is 0 Å². The molecule has 12 heavy (non-hydrogen) atoms. The molecule has 0 bridgehead atoms. The average molecular weight is 170 g/mol. The molecule has 0 spiro atoms. The summed E-state index contributed by atoms with van der Waals surface area (Å²) in [6.45, 7) is 1.93. The maximum atomic E-state index is 10.6. The molecule has 0 aromatic heterocycles. The standard InChI is InChI=1S/C7H10N2O3/c1-2-12-7(11)9-4-6(3-8)5-10/h5-6H,2,4H2,1H3,(H,9,11). The van der Waals surface area contributed by atoms with Gasteiger partial charge in [-0.1, -0.05) is 0 Å². The molecule has 0 radical (unpaired) electrons. The summed E-state index contributed by atoms with van der Waals surface area (Å²) in [7, 11) is 0. The van der Waals surface area contributed by atoms with Crippen LogP contribution in [0, 0.1) is 17.2 Å². The zero-order valence-corrected chi connectivity index (χ0v) is 6.74. The molecular weight excluding hydrogens is 160 g/mol. The molecule has 1 unspecified atom stereocenters. The molecule has 0 heterocycles. The Morgan fingerprint density at radius 3 is 2.92 bits per heavy atom. The summed E-state index contributed by atoms with van der Waals surface area (Å²) in [4.78, 5) is 20.7. The van der Waals surface area contributed by atoms with E-state index < -0.39 is 12.0 Å². The number of nitrogens with one attached hydrogen (secondary N) is 1. The summed E-state index contributed by atoms with van der Waals surface area (Å²) in [6, 6.07) is 1.71. The molecule has 0 aromatic rings. The van der Waals surface area contributed by atoms with Crippen molar-refractivity contribution < 1.29 is 14.3 Å². The van der Waals surface area contributed by atoms with Crippen molar-refractivity contribution in [2.75, 3.05) is 13.2 Å². The lowest BCUT2D eigenvalue weighted by atomic mass is 10.2. The van der Waals surface area contributed by atoms with Crippen molar-refractivity contribution >= 4 is 12.4 Å². The number of amides is 1. The second kappa shape index (κ2) is 6.16. The van der Waals surface area contributed by atoms with Crippen molar-refractivity contribution in [2.45, 2.75) is 6.92 Å². The summed E-state index contributed by atoms with van der Waals surface area (Å²) >= 11 is 0. The minimum Gasteiger partial charge on any atom is -0.450 e. The molecular formula is C7H10N2O3. The van der Waals surface area contributed by atoms with Crippen LogP contribution in [0.15, 0.2) is 0 Å². The van der Waals surface area contributed by atoms with Crippen molar-refractivity contribution in [3.05, 3.63) is 0 Å². The molecule has 5 heteroatoms. The van der Waals surface area contributed by atoms with Crippen LogP contribution in [0.1, 0.15) is 6.92 Å². The zero-order valence-electron chi connectivity index (χ0n) is 6.74. The summed E-state index contributed by atoms with van der Waals surface area (Å²) in [6.07, 6.45) is -0.133. The van der Waals surface area contributed by atoms with Gasteiger partial charge >= 0.3 is 6.09 Å². The maximum Gasteiger partial charge on any atom is 0.407 e. The third kappa shape index (κ3) is 4.28. The average Bonchev–Trinajstić information content (AvgIpc) is 2.07. The van der Waals surface area contributed by atoms with Crippen LogP contribution in [-0.4, -0.2) is 25.5 Å². The first-order valence-corrected chi connectivity index (χ1v) is 3.50. The van der Waals surface area contributed by atoms with Crippen molar-refractivity contribution in [1.82, 2.24) is 5.32 Å². The predicted molar refractivity (Wildman–Crippen MR) is 40.2 cm³/mol. The molecule has 1 amide bonds. The van der Waals surface area contributed by atoms with Crippen molar-refractivity contribution in [2.24, 2.45) is 5.92 Å². The normalized spacial score (nSPS) is 11.0. The first-order valence-electron chi connectivity index (χ1n) is 3.50. The van der Waals surface area contributed by atoms with Gasteiger partial charge in [0.15, 0.2) is 0 Å². The lowest BCUT2D eigenvalue weighted by molar-refractivity contribution is -0.109. The van der Waals surface area contributed by atoms with Gasteiger partial charge in [0.1, 0.15) is 12.2 Å². The quantitative estimate of drug-likeness (QED) is 0.605. The van der Waals surface area contributed by atoms with Gasteiger partial charge < -0.3 is 14.8 Å². The topological polar surface area (TPSA) is 79.2 Å².